The molecule has 0 aliphatic carbocycles. The summed E-state index contributed by atoms with van der Waals surface area (Å²) in [5, 5.41) is 0. The van der Waals surface area contributed by atoms with Gasteiger partial charge in [-0.05, 0) is 47.0 Å². The first-order valence-corrected chi connectivity index (χ1v) is 8.28. The summed E-state index contributed by atoms with van der Waals surface area (Å²) in [6.07, 6.45) is 2.09. The summed E-state index contributed by atoms with van der Waals surface area (Å²) in [6.45, 7) is 8.91. The van der Waals surface area contributed by atoms with E-state index in [2.05, 4.69) is 0 Å². The van der Waals surface area contributed by atoms with E-state index >= 15 is 0 Å². The molecule has 4 aliphatic rings. The van der Waals surface area contributed by atoms with Crippen LogP contribution in [0.3, 0.4) is 0 Å². The van der Waals surface area contributed by atoms with Gasteiger partial charge in [-0.2, -0.15) is 0 Å². The Morgan fingerprint density at radius 1 is 0.818 bits per heavy atom. The van der Waals surface area contributed by atoms with Crippen LogP contribution < -0.4 is 0 Å². The molecule has 0 N–H and O–H groups in total. The van der Waals surface area contributed by atoms with Crippen molar-refractivity contribution >= 4 is 0 Å². The van der Waals surface area contributed by atoms with E-state index < -0.39 is 23.5 Å². The van der Waals surface area contributed by atoms with Gasteiger partial charge in [-0.1, -0.05) is 0 Å². The molecule has 4 saturated heterocycles. The Bertz CT molecular complexity index is 442. The van der Waals surface area contributed by atoms with Crippen LogP contribution in [0.4, 0.5) is 0 Å². The molecular weight excluding hydrogens is 288 g/mol. The summed E-state index contributed by atoms with van der Waals surface area (Å²) >= 11 is 0. The third-order valence-corrected chi connectivity index (χ3v) is 5.00. The third-order valence-electron chi connectivity index (χ3n) is 5.00. The maximum atomic E-state index is 6.26. The molecule has 4 aliphatic heterocycles. The summed E-state index contributed by atoms with van der Waals surface area (Å²) in [5.41, 5.74) is -0.495. The monoisotopic (exact) mass is 314 g/mol. The molecule has 0 amide bonds. The lowest BCUT2D eigenvalue weighted by atomic mass is 9.82. The normalized spacial score (nSPS) is 49.6. The van der Waals surface area contributed by atoms with Crippen LogP contribution in [0.5, 0.6) is 0 Å². The lowest BCUT2D eigenvalue weighted by molar-refractivity contribution is -0.261. The van der Waals surface area contributed by atoms with E-state index in [1.807, 2.05) is 27.7 Å². The van der Waals surface area contributed by atoms with E-state index in [0.29, 0.717) is 6.61 Å². The highest BCUT2D eigenvalue weighted by molar-refractivity contribution is 5.10. The van der Waals surface area contributed by atoms with Gasteiger partial charge in [0.2, 0.25) is 0 Å². The Labute approximate surface area is 131 Å². The molecule has 1 unspecified atom stereocenters. The molecule has 22 heavy (non-hydrogen) atoms. The Morgan fingerprint density at radius 3 is 2.27 bits per heavy atom. The largest absolute Gasteiger partial charge is 0.369 e. The quantitative estimate of drug-likeness (QED) is 0.737. The van der Waals surface area contributed by atoms with Crippen molar-refractivity contribution in [1.29, 1.82) is 0 Å². The molecule has 4 heterocycles. The van der Waals surface area contributed by atoms with Crippen molar-refractivity contribution in [3.8, 4) is 0 Å². The maximum Gasteiger partial charge on any atom is 0.190 e. The zero-order valence-electron chi connectivity index (χ0n) is 13.8. The second kappa shape index (κ2) is 4.88. The molecule has 6 nitrogen and oxygen atoms in total. The molecule has 0 aromatic rings. The standard InChI is InChI=1S/C16H26O6/c1-14(2)18-9-10(20-14)11-16(7-5-6-8-17-16)12-13(19-11)22-15(3,4)21-12/h10-13H,5-9H2,1-4H3/t10-,11?,12+,13-,16-/m1/s1. The van der Waals surface area contributed by atoms with Gasteiger partial charge in [-0.15, -0.1) is 0 Å². The highest BCUT2D eigenvalue weighted by Crippen LogP contribution is 2.50. The summed E-state index contributed by atoms with van der Waals surface area (Å²) in [6, 6.07) is 0. The Hall–Kier alpha value is -0.240. The van der Waals surface area contributed by atoms with Crippen LogP contribution in [0.2, 0.25) is 0 Å². The molecule has 0 radical (unpaired) electrons. The van der Waals surface area contributed by atoms with Crippen LogP contribution in [-0.4, -0.2) is 55.0 Å². The first-order valence-electron chi connectivity index (χ1n) is 8.28. The highest BCUT2D eigenvalue weighted by Gasteiger charge is 2.67. The van der Waals surface area contributed by atoms with Crippen LogP contribution in [-0.2, 0) is 28.4 Å². The van der Waals surface area contributed by atoms with E-state index in [1.165, 1.54) is 0 Å². The summed E-state index contributed by atoms with van der Waals surface area (Å²) in [7, 11) is 0. The minimum absolute atomic E-state index is 0.158. The summed E-state index contributed by atoms with van der Waals surface area (Å²) in [4.78, 5) is 0. The Balaban J connectivity index is 1.62. The van der Waals surface area contributed by atoms with Crippen molar-refractivity contribution in [2.75, 3.05) is 13.2 Å². The predicted octanol–water partition coefficient (Wildman–Crippen LogP) is 1.95. The van der Waals surface area contributed by atoms with Crippen molar-refractivity contribution < 1.29 is 28.4 Å². The van der Waals surface area contributed by atoms with Crippen LogP contribution in [0, 0.1) is 0 Å². The Morgan fingerprint density at radius 2 is 1.64 bits per heavy atom. The van der Waals surface area contributed by atoms with Crippen molar-refractivity contribution in [3.63, 3.8) is 0 Å². The van der Waals surface area contributed by atoms with E-state index in [-0.39, 0.29) is 18.3 Å². The molecule has 0 saturated carbocycles. The number of hydrogen-bond acceptors (Lipinski definition) is 6. The first-order chi connectivity index (χ1) is 10.3. The molecule has 1 spiro atoms. The molecule has 126 valence electrons. The van der Waals surface area contributed by atoms with Gasteiger partial charge in [0.1, 0.15) is 23.9 Å². The van der Waals surface area contributed by atoms with Crippen LogP contribution in [0.25, 0.3) is 0 Å². The number of ether oxygens (including phenoxy) is 6. The van der Waals surface area contributed by atoms with Gasteiger partial charge in [0.15, 0.2) is 17.9 Å². The summed E-state index contributed by atoms with van der Waals surface area (Å²) < 4.78 is 36.3. The van der Waals surface area contributed by atoms with Gasteiger partial charge in [0.25, 0.3) is 0 Å². The first kappa shape index (κ1) is 15.3. The predicted molar refractivity (Wildman–Crippen MR) is 76.1 cm³/mol. The average Bonchev–Trinajstić information content (AvgIpc) is 3.03. The van der Waals surface area contributed by atoms with Gasteiger partial charge in [-0.25, -0.2) is 0 Å². The summed E-state index contributed by atoms with van der Waals surface area (Å²) in [5.74, 6) is -1.22. The molecule has 4 rings (SSSR count). The fourth-order valence-electron chi connectivity index (χ4n) is 4.13. The molecule has 5 atom stereocenters. The lowest BCUT2D eigenvalue weighted by Crippen LogP contribution is -2.57. The molecule has 6 heteroatoms. The molecular formula is C16H26O6. The fourth-order valence-corrected chi connectivity index (χ4v) is 4.13. The van der Waals surface area contributed by atoms with Crippen LogP contribution in [0.1, 0.15) is 47.0 Å². The van der Waals surface area contributed by atoms with Gasteiger partial charge in [0, 0.05) is 6.61 Å². The van der Waals surface area contributed by atoms with Gasteiger partial charge in [0.05, 0.1) is 6.61 Å². The zero-order valence-corrected chi connectivity index (χ0v) is 13.8. The molecule has 0 aromatic heterocycles. The lowest BCUT2D eigenvalue weighted by Gasteiger charge is -2.42. The Kier molecular flexibility index (Phi) is 3.39. The van der Waals surface area contributed by atoms with E-state index in [0.717, 1.165) is 25.9 Å². The maximum absolute atomic E-state index is 6.26. The minimum Gasteiger partial charge on any atom is -0.369 e. The van der Waals surface area contributed by atoms with E-state index in [4.69, 9.17) is 28.4 Å². The highest BCUT2D eigenvalue weighted by atomic mass is 16.9. The van der Waals surface area contributed by atoms with Gasteiger partial charge in [-0.3, -0.25) is 0 Å². The average molecular weight is 314 g/mol. The number of hydrogen-bond donors (Lipinski definition) is 0. The molecule has 0 aromatic carbocycles. The fraction of sp³-hybridized carbons (Fsp3) is 1.00. The SMILES string of the molecule is CC1(C)OC[C@H](C2O[C@@H]3OC(C)(C)O[C@@H]3[C@@]23CCCCO3)O1. The van der Waals surface area contributed by atoms with E-state index in [1.54, 1.807) is 0 Å². The van der Waals surface area contributed by atoms with Crippen molar-refractivity contribution in [3.05, 3.63) is 0 Å². The van der Waals surface area contributed by atoms with Crippen molar-refractivity contribution in [2.24, 2.45) is 0 Å². The van der Waals surface area contributed by atoms with Crippen molar-refractivity contribution in [1.82, 2.24) is 0 Å². The van der Waals surface area contributed by atoms with Crippen LogP contribution in [0.15, 0.2) is 0 Å². The minimum atomic E-state index is -0.638. The third kappa shape index (κ3) is 2.32. The smallest absolute Gasteiger partial charge is 0.190 e. The molecule has 0 bridgehead atoms. The zero-order chi connectivity index (χ0) is 15.6. The molecule has 4 fully saturated rings. The number of rotatable bonds is 1. The second-order valence-electron chi connectivity index (χ2n) is 7.61. The number of fused-ring (bicyclic) bond motifs is 2. The van der Waals surface area contributed by atoms with E-state index in [9.17, 15) is 0 Å². The van der Waals surface area contributed by atoms with Gasteiger partial charge >= 0.3 is 0 Å². The van der Waals surface area contributed by atoms with Crippen molar-refractivity contribution in [2.45, 2.75) is 88.7 Å². The van der Waals surface area contributed by atoms with Crippen LogP contribution >= 0.6 is 0 Å². The second-order valence-corrected chi connectivity index (χ2v) is 7.61. The topological polar surface area (TPSA) is 55.4 Å². The van der Waals surface area contributed by atoms with Gasteiger partial charge < -0.3 is 28.4 Å².